The topological polar surface area (TPSA) is 59.0 Å². The lowest BCUT2D eigenvalue weighted by atomic mass is 10.2. The van der Waals surface area contributed by atoms with Gasteiger partial charge in [-0.05, 0) is 12.5 Å². The van der Waals surface area contributed by atoms with E-state index in [-0.39, 0.29) is 6.10 Å². The van der Waals surface area contributed by atoms with Crippen LogP contribution in [0.1, 0.15) is 12.5 Å². The Bertz CT molecular complexity index is 305. The monoisotopic (exact) mass is 190 g/mol. The second-order valence-corrected chi connectivity index (χ2v) is 3.16. The quantitative estimate of drug-likeness (QED) is 0.781. The highest BCUT2D eigenvalue weighted by atomic mass is 16.5. The van der Waals surface area contributed by atoms with Crippen LogP contribution in [-0.4, -0.2) is 12.1 Å². The number of hydrogen-bond acceptors (Lipinski definition) is 3. The molecule has 0 amide bonds. The van der Waals surface area contributed by atoms with Crippen molar-refractivity contribution in [1.29, 1.82) is 5.26 Å². The smallest absolute Gasteiger partial charge is 0.119 e. The van der Waals surface area contributed by atoms with Crippen LogP contribution in [0, 0.1) is 11.3 Å². The molecule has 0 aromatic heterocycles. The Morgan fingerprint density at radius 2 is 2.07 bits per heavy atom. The summed E-state index contributed by atoms with van der Waals surface area (Å²) in [6.45, 7) is 2.30. The van der Waals surface area contributed by atoms with E-state index in [1.807, 2.05) is 36.4 Å². The molecule has 0 radical (unpaired) electrons. The lowest BCUT2D eigenvalue weighted by Crippen LogP contribution is -2.32. The highest BCUT2D eigenvalue weighted by Crippen LogP contribution is 2.04. The predicted octanol–water partition coefficient (Wildman–Crippen LogP) is 1.44. The van der Waals surface area contributed by atoms with Gasteiger partial charge in [-0.1, -0.05) is 30.3 Å². The van der Waals surface area contributed by atoms with Gasteiger partial charge in [-0.2, -0.15) is 5.26 Å². The van der Waals surface area contributed by atoms with Gasteiger partial charge in [0.1, 0.15) is 6.04 Å². The molecule has 1 rings (SSSR count). The molecule has 0 heterocycles. The van der Waals surface area contributed by atoms with E-state index < -0.39 is 6.04 Å². The summed E-state index contributed by atoms with van der Waals surface area (Å²) in [4.78, 5) is 0. The zero-order valence-electron chi connectivity index (χ0n) is 8.18. The van der Waals surface area contributed by atoms with Gasteiger partial charge in [0.15, 0.2) is 0 Å². The summed E-state index contributed by atoms with van der Waals surface area (Å²) in [6, 6.07) is 11.2. The predicted molar refractivity (Wildman–Crippen MR) is 54.3 cm³/mol. The second kappa shape index (κ2) is 5.38. The first kappa shape index (κ1) is 10.7. The van der Waals surface area contributed by atoms with E-state index in [0.29, 0.717) is 6.61 Å². The molecule has 0 fully saturated rings. The summed E-state index contributed by atoms with van der Waals surface area (Å²) in [5.41, 5.74) is 6.58. The van der Waals surface area contributed by atoms with E-state index in [4.69, 9.17) is 15.7 Å². The molecule has 0 unspecified atom stereocenters. The first-order valence-electron chi connectivity index (χ1n) is 4.54. The number of hydrogen-bond donors (Lipinski definition) is 1. The largest absolute Gasteiger partial charge is 0.371 e. The molecule has 1 aromatic carbocycles. The van der Waals surface area contributed by atoms with Crippen LogP contribution in [0.15, 0.2) is 30.3 Å². The summed E-state index contributed by atoms with van der Waals surface area (Å²) >= 11 is 0. The number of benzene rings is 1. The molecule has 3 nitrogen and oxygen atoms in total. The molecule has 3 heteroatoms. The third-order valence-electron chi connectivity index (χ3n) is 2.01. The molecule has 0 bridgehead atoms. The summed E-state index contributed by atoms with van der Waals surface area (Å²) in [5, 5.41) is 8.55. The number of ether oxygens (including phenoxy) is 1. The van der Waals surface area contributed by atoms with Crippen molar-refractivity contribution in [2.75, 3.05) is 0 Å². The third-order valence-corrected chi connectivity index (χ3v) is 2.01. The van der Waals surface area contributed by atoms with Crippen LogP contribution in [0.25, 0.3) is 0 Å². The van der Waals surface area contributed by atoms with Crippen LogP contribution >= 0.6 is 0 Å². The van der Waals surface area contributed by atoms with E-state index in [0.717, 1.165) is 5.56 Å². The lowest BCUT2D eigenvalue weighted by Gasteiger charge is -2.14. The fourth-order valence-electron chi connectivity index (χ4n) is 1.01. The van der Waals surface area contributed by atoms with Crippen LogP contribution < -0.4 is 5.73 Å². The fourth-order valence-corrected chi connectivity index (χ4v) is 1.01. The Morgan fingerprint density at radius 3 is 2.64 bits per heavy atom. The minimum atomic E-state index is -0.557. The fraction of sp³-hybridized carbons (Fsp3) is 0.364. The van der Waals surface area contributed by atoms with Crippen LogP contribution in [0.5, 0.6) is 0 Å². The number of nitriles is 1. The normalized spacial score (nSPS) is 14.4. The Kier molecular flexibility index (Phi) is 4.11. The maximum atomic E-state index is 8.55. The van der Waals surface area contributed by atoms with Gasteiger partial charge in [0.25, 0.3) is 0 Å². The Balaban J connectivity index is 2.39. The van der Waals surface area contributed by atoms with Crippen molar-refractivity contribution in [2.45, 2.75) is 25.7 Å². The molecule has 0 saturated heterocycles. The van der Waals surface area contributed by atoms with Gasteiger partial charge in [-0.15, -0.1) is 0 Å². The standard InChI is InChI=1S/C11H14N2O/c1-9(11(13)7-12)14-8-10-5-3-2-4-6-10/h2-6,9,11H,8,13H2,1H3/t9-,11-/m1/s1. The van der Waals surface area contributed by atoms with Crippen molar-refractivity contribution < 1.29 is 4.74 Å². The van der Waals surface area contributed by atoms with Gasteiger partial charge in [-0.3, -0.25) is 0 Å². The van der Waals surface area contributed by atoms with E-state index in [1.54, 1.807) is 6.92 Å². The van der Waals surface area contributed by atoms with Crippen LogP contribution in [0.2, 0.25) is 0 Å². The molecule has 0 aliphatic rings. The van der Waals surface area contributed by atoms with E-state index >= 15 is 0 Å². The minimum Gasteiger partial charge on any atom is -0.371 e. The molecule has 0 aliphatic carbocycles. The van der Waals surface area contributed by atoms with Crippen molar-refractivity contribution in [1.82, 2.24) is 0 Å². The molecule has 0 spiro atoms. The highest BCUT2D eigenvalue weighted by molar-refractivity contribution is 5.13. The van der Waals surface area contributed by atoms with E-state index in [9.17, 15) is 0 Å². The lowest BCUT2D eigenvalue weighted by molar-refractivity contribution is 0.0467. The Hall–Kier alpha value is -1.37. The summed E-state index contributed by atoms with van der Waals surface area (Å²) in [7, 11) is 0. The maximum Gasteiger partial charge on any atom is 0.119 e. The van der Waals surface area contributed by atoms with Gasteiger partial charge in [0, 0.05) is 0 Å². The molecule has 1 aromatic rings. The molecule has 2 N–H and O–H groups in total. The molecule has 0 saturated carbocycles. The van der Waals surface area contributed by atoms with Crippen LogP contribution in [0.3, 0.4) is 0 Å². The molecule has 0 aliphatic heterocycles. The molecular weight excluding hydrogens is 176 g/mol. The average molecular weight is 190 g/mol. The van der Waals surface area contributed by atoms with Crippen molar-refractivity contribution in [3.63, 3.8) is 0 Å². The summed E-state index contributed by atoms with van der Waals surface area (Å²) < 4.78 is 5.43. The summed E-state index contributed by atoms with van der Waals surface area (Å²) in [6.07, 6.45) is -0.236. The van der Waals surface area contributed by atoms with Crippen molar-refractivity contribution >= 4 is 0 Å². The van der Waals surface area contributed by atoms with Crippen LogP contribution in [0.4, 0.5) is 0 Å². The van der Waals surface area contributed by atoms with E-state index in [1.165, 1.54) is 0 Å². The van der Waals surface area contributed by atoms with Crippen molar-refractivity contribution in [2.24, 2.45) is 5.73 Å². The van der Waals surface area contributed by atoms with Crippen LogP contribution in [-0.2, 0) is 11.3 Å². The molecule has 74 valence electrons. The third kappa shape index (κ3) is 3.17. The molecule has 14 heavy (non-hydrogen) atoms. The van der Waals surface area contributed by atoms with Gasteiger partial charge >= 0.3 is 0 Å². The van der Waals surface area contributed by atoms with E-state index in [2.05, 4.69) is 0 Å². The summed E-state index contributed by atoms with van der Waals surface area (Å²) in [5.74, 6) is 0. The second-order valence-electron chi connectivity index (χ2n) is 3.16. The average Bonchev–Trinajstić information content (AvgIpc) is 2.26. The zero-order valence-corrected chi connectivity index (χ0v) is 8.18. The molecular formula is C11H14N2O. The SMILES string of the molecule is C[C@@H](OCc1ccccc1)[C@H](N)C#N. The van der Waals surface area contributed by atoms with Crippen molar-refractivity contribution in [3.05, 3.63) is 35.9 Å². The van der Waals surface area contributed by atoms with Gasteiger partial charge in [0.05, 0.1) is 18.8 Å². The van der Waals surface area contributed by atoms with Gasteiger partial charge in [0.2, 0.25) is 0 Å². The Labute approximate surface area is 84.1 Å². The highest BCUT2D eigenvalue weighted by Gasteiger charge is 2.11. The van der Waals surface area contributed by atoms with Crippen molar-refractivity contribution in [3.8, 4) is 6.07 Å². The number of nitrogens with zero attached hydrogens (tertiary/aromatic N) is 1. The maximum absolute atomic E-state index is 8.55. The minimum absolute atomic E-state index is 0.236. The molecule has 2 atom stereocenters. The van der Waals surface area contributed by atoms with Gasteiger partial charge < -0.3 is 10.5 Å². The van der Waals surface area contributed by atoms with Gasteiger partial charge in [-0.25, -0.2) is 0 Å². The number of nitrogens with two attached hydrogens (primary N) is 1. The number of rotatable bonds is 4. The Morgan fingerprint density at radius 1 is 1.43 bits per heavy atom. The zero-order chi connectivity index (χ0) is 10.4. The first-order valence-corrected chi connectivity index (χ1v) is 4.54. The first-order chi connectivity index (χ1) is 6.74.